The van der Waals surface area contributed by atoms with E-state index in [1.165, 1.54) is 0 Å². The van der Waals surface area contributed by atoms with Crippen molar-refractivity contribution < 1.29 is 4.79 Å². The molecule has 0 saturated carbocycles. The van der Waals surface area contributed by atoms with Crippen molar-refractivity contribution in [1.29, 1.82) is 0 Å². The normalized spacial score (nSPS) is 19.7. The predicted octanol–water partition coefficient (Wildman–Crippen LogP) is 3.05. The summed E-state index contributed by atoms with van der Waals surface area (Å²) in [5.74, 6) is 0.169. The summed E-state index contributed by atoms with van der Waals surface area (Å²) in [5, 5.41) is 1.30. The highest BCUT2D eigenvalue weighted by atomic mass is 35.5. The summed E-state index contributed by atoms with van der Waals surface area (Å²) in [6.45, 7) is 1.63. The minimum Gasteiger partial charge on any atom is -0.347 e. The Balaban J connectivity index is 2.11. The third-order valence-electron chi connectivity index (χ3n) is 3.48. The summed E-state index contributed by atoms with van der Waals surface area (Å²) in [5.41, 5.74) is 1.02. The Morgan fingerprint density at radius 3 is 2.79 bits per heavy atom. The van der Waals surface area contributed by atoms with E-state index in [1.54, 1.807) is 25.1 Å². The molecule has 0 radical (unpaired) electrons. The first-order chi connectivity index (χ1) is 8.99. The standard InChI is InChI=1S/C14H18Cl2N2O/c1-17(2)14(19)13-4-3-7-18(13)9-10-5-6-11(15)8-12(10)16/h5-6,8,13H,3-4,7,9H2,1-2H3/t13-/m1/s1. The van der Waals surface area contributed by atoms with Crippen molar-refractivity contribution in [2.45, 2.75) is 25.4 Å². The maximum Gasteiger partial charge on any atom is 0.239 e. The van der Waals surface area contributed by atoms with Crippen LogP contribution < -0.4 is 0 Å². The zero-order valence-corrected chi connectivity index (χ0v) is 12.7. The molecule has 1 atom stereocenters. The van der Waals surface area contributed by atoms with Crippen LogP contribution in [0.25, 0.3) is 0 Å². The second kappa shape index (κ2) is 6.12. The molecule has 1 heterocycles. The summed E-state index contributed by atoms with van der Waals surface area (Å²) in [6.07, 6.45) is 1.97. The molecule has 5 heteroatoms. The highest BCUT2D eigenvalue weighted by Gasteiger charge is 2.31. The van der Waals surface area contributed by atoms with Crippen LogP contribution in [-0.2, 0) is 11.3 Å². The summed E-state index contributed by atoms with van der Waals surface area (Å²) in [4.78, 5) is 16.0. The second-order valence-electron chi connectivity index (χ2n) is 5.10. The number of halogens is 2. The van der Waals surface area contributed by atoms with E-state index in [9.17, 15) is 4.79 Å². The Hall–Kier alpha value is -0.770. The smallest absolute Gasteiger partial charge is 0.239 e. The highest BCUT2D eigenvalue weighted by Crippen LogP contribution is 2.26. The number of likely N-dealkylation sites (N-methyl/N-ethyl adjacent to an activating group) is 1. The lowest BCUT2D eigenvalue weighted by Crippen LogP contribution is -2.42. The van der Waals surface area contributed by atoms with Gasteiger partial charge in [0.1, 0.15) is 0 Å². The first-order valence-corrected chi connectivity index (χ1v) is 7.14. The number of amides is 1. The monoisotopic (exact) mass is 300 g/mol. The number of hydrogen-bond donors (Lipinski definition) is 0. The number of hydrogen-bond acceptors (Lipinski definition) is 2. The lowest BCUT2D eigenvalue weighted by Gasteiger charge is -2.26. The van der Waals surface area contributed by atoms with Gasteiger partial charge in [0.25, 0.3) is 0 Å². The largest absolute Gasteiger partial charge is 0.347 e. The van der Waals surface area contributed by atoms with E-state index in [4.69, 9.17) is 23.2 Å². The zero-order valence-electron chi connectivity index (χ0n) is 11.2. The minimum absolute atomic E-state index is 0.0262. The molecule has 0 N–H and O–H groups in total. The highest BCUT2D eigenvalue weighted by molar-refractivity contribution is 6.35. The molecule has 1 saturated heterocycles. The molecular weight excluding hydrogens is 283 g/mol. The molecule has 1 aromatic carbocycles. The van der Waals surface area contributed by atoms with Crippen LogP contribution in [0, 0.1) is 0 Å². The molecule has 2 rings (SSSR count). The van der Waals surface area contributed by atoms with Crippen molar-refractivity contribution in [3.8, 4) is 0 Å². The Morgan fingerprint density at radius 1 is 1.42 bits per heavy atom. The third-order valence-corrected chi connectivity index (χ3v) is 4.06. The van der Waals surface area contributed by atoms with Gasteiger partial charge in [0, 0.05) is 30.7 Å². The Labute approximate surface area is 124 Å². The molecule has 0 unspecified atom stereocenters. The molecule has 104 valence electrons. The van der Waals surface area contributed by atoms with E-state index in [0.717, 1.165) is 24.9 Å². The number of carbonyl (C=O) groups is 1. The number of rotatable bonds is 3. The van der Waals surface area contributed by atoms with E-state index in [-0.39, 0.29) is 11.9 Å². The first kappa shape index (κ1) is 14.6. The van der Waals surface area contributed by atoms with E-state index >= 15 is 0 Å². The lowest BCUT2D eigenvalue weighted by atomic mass is 10.1. The zero-order chi connectivity index (χ0) is 14.0. The number of carbonyl (C=O) groups excluding carboxylic acids is 1. The van der Waals surface area contributed by atoms with E-state index in [1.807, 2.05) is 12.1 Å². The van der Waals surface area contributed by atoms with Crippen LogP contribution in [0.2, 0.25) is 10.0 Å². The topological polar surface area (TPSA) is 23.6 Å². The Kier molecular flexibility index (Phi) is 4.71. The van der Waals surface area contributed by atoms with Crippen LogP contribution in [0.3, 0.4) is 0 Å². The van der Waals surface area contributed by atoms with Gasteiger partial charge < -0.3 is 4.90 Å². The maximum atomic E-state index is 12.1. The van der Waals surface area contributed by atoms with Crippen molar-refractivity contribution in [2.24, 2.45) is 0 Å². The Bertz CT molecular complexity index is 477. The van der Waals surface area contributed by atoms with Crippen molar-refractivity contribution in [2.75, 3.05) is 20.6 Å². The van der Waals surface area contributed by atoms with Gasteiger partial charge in [-0.1, -0.05) is 29.3 Å². The maximum absolute atomic E-state index is 12.1. The SMILES string of the molecule is CN(C)C(=O)[C@H]1CCCN1Cc1ccc(Cl)cc1Cl. The van der Waals surface area contributed by atoms with Crippen LogP contribution in [0.5, 0.6) is 0 Å². The fraction of sp³-hybridized carbons (Fsp3) is 0.500. The molecule has 1 fully saturated rings. The second-order valence-corrected chi connectivity index (χ2v) is 5.94. The van der Waals surface area contributed by atoms with Gasteiger partial charge in [-0.2, -0.15) is 0 Å². The lowest BCUT2D eigenvalue weighted by molar-refractivity contribution is -0.133. The van der Waals surface area contributed by atoms with Crippen molar-refractivity contribution >= 4 is 29.1 Å². The van der Waals surface area contributed by atoms with Crippen molar-refractivity contribution in [3.63, 3.8) is 0 Å². The molecule has 19 heavy (non-hydrogen) atoms. The predicted molar refractivity (Wildman–Crippen MR) is 78.6 cm³/mol. The van der Waals surface area contributed by atoms with Crippen LogP contribution >= 0.6 is 23.2 Å². The molecule has 1 aromatic rings. The minimum atomic E-state index is -0.0262. The summed E-state index contributed by atoms with van der Waals surface area (Å²) in [6, 6.07) is 5.49. The number of nitrogens with zero attached hydrogens (tertiary/aromatic N) is 2. The molecule has 0 spiro atoms. The fourth-order valence-corrected chi connectivity index (χ4v) is 2.93. The van der Waals surface area contributed by atoms with Crippen LogP contribution in [0.15, 0.2) is 18.2 Å². The third kappa shape index (κ3) is 3.41. The van der Waals surface area contributed by atoms with Gasteiger partial charge in [0.05, 0.1) is 6.04 Å². The molecule has 0 aromatic heterocycles. The summed E-state index contributed by atoms with van der Waals surface area (Å²) in [7, 11) is 3.60. The fourth-order valence-electron chi connectivity index (χ4n) is 2.46. The molecule has 3 nitrogen and oxygen atoms in total. The summed E-state index contributed by atoms with van der Waals surface area (Å²) >= 11 is 12.1. The molecule has 0 aliphatic carbocycles. The molecule has 0 bridgehead atoms. The quantitative estimate of drug-likeness (QED) is 0.856. The first-order valence-electron chi connectivity index (χ1n) is 6.38. The van der Waals surface area contributed by atoms with Crippen LogP contribution in [-0.4, -0.2) is 42.4 Å². The van der Waals surface area contributed by atoms with Gasteiger partial charge >= 0.3 is 0 Å². The summed E-state index contributed by atoms with van der Waals surface area (Å²) < 4.78 is 0. The van der Waals surface area contributed by atoms with Gasteiger partial charge in [-0.15, -0.1) is 0 Å². The van der Waals surface area contributed by atoms with Gasteiger partial charge in [-0.3, -0.25) is 9.69 Å². The molecule has 1 amide bonds. The van der Waals surface area contributed by atoms with E-state index in [0.29, 0.717) is 16.6 Å². The van der Waals surface area contributed by atoms with Crippen molar-refractivity contribution in [1.82, 2.24) is 9.80 Å². The van der Waals surface area contributed by atoms with Gasteiger partial charge in [-0.05, 0) is 37.1 Å². The van der Waals surface area contributed by atoms with Crippen LogP contribution in [0.1, 0.15) is 18.4 Å². The van der Waals surface area contributed by atoms with E-state index < -0.39 is 0 Å². The van der Waals surface area contributed by atoms with Gasteiger partial charge in [0.15, 0.2) is 0 Å². The number of likely N-dealkylation sites (tertiary alicyclic amines) is 1. The van der Waals surface area contributed by atoms with Crippen LogP contribution in [0.4, 0.5) is 0 Å². The van der Waals surface area contributed by atoms with Crippen molar-refractivity contribution in [3.05, 3.63) is 33.8 Å². The van der Waals surface area contributed by atoms with Gasteiger partial charge in [-0.25, -0.2) is 0 Å². The average Bonchev–Trinajstić information content (AvgIpc) is 2.79. The molecule has 1 aliphatic heterocycles. The van der Waals surface area contributed by atoms with E-state index in [2.05, 4.69) is 4.90 Å². The Morgan fingerprint density at radius 2 is 2.16 bits per heavy atom. The average molecular weight is 301 g/mol. The molecular formula is C14H18Cl2N2O. The molecule has 1 aliphatic rings. The van der Waals surface area contributed by atoms with Gasteiger partial charge in [0.2, 0.25) is 5.91 Å². The number of benzene rings is 1.